The first-order valence-corrected chi connectivity index (χ1v) is 5.14. The maximum Gasteiger partial charge on any atom is 0.310 e. The van der Waals surface area contributed by atoms with Crippen LogP contribution in [0, 0.1) is 11.3 Å². The molecule has 0 spiro atoms. The number of carbonyl (C=O) groups excluding carboxylic acids is 1. The van der Waals surface area contributed by atoms with Crippen LogP contribution < -0.4 is 0 Å². The Labute approximate surface area is 88.6 Å². The topological polar surface area (TPSA) is 57.6 Å². The predicted octanol–water partition coefficient (Wildman–Crippen LogP) is 0.884. The molecule has 1 N–H and O–H groups in total. The van der Waals surface area contributed by atoms with Crippen molar-refractivity contribution in [3.63, 3.8) is 0 Å². The molecule has 1 heterocycles. The standard InChI is InChI=1S/C11H15NO3/c1-11(2,10(14)15)6-12-8-4-3-7(5-8)9(12)13/h3-4,7-8H,5-6H2,1-2H3,(H,14,15). The van der Waals surface area contributed by atoms with Crippen LogP contribution in [-0.2, 0) is 9.59 Å². The average Bonchev–Trinajstić information content (AvgIpc) is 2.69. The molecule has 2 atom stereocenters. The van der Waals surface area contributed by atoms with Crippen molar-refractivity contribution in [2.45, 2.75) is 26.3 Å². The molecule has 1 amide bonds. The number of carbonyl (C=O) groups is 2. The third-order valence-electron chi connectivity index (χ3n) is 3.21. The van der Waals surface area contributed by atoms with Crippen LogP contribution in [0.5, 0.6) is 0 Å². The monoisotopic (exact) mass is 209 g/mol. The molecule has 82 valence electrons. The summed E-state index contributed by atoms with van der Waals surface area (Å²) in [6.07, 6.45) is 4.76. The summed E-state index contributed by atoms with van der Waals surface area (Å²) in [6, 6.07) is 0.126. The van der Waals surface area contributed by atoms with E-state index in [2.05, 4.69) is 0 Å². The number of fused-ring (bicyclic) bond motifs is 2. The molecule has 1 saturated heterocycles. The van der Waals surface area contributed by atoms with E-state index in [1.165, 1.54) is 0 Å². The summed E-state index contributed by atoms with van der Waals surface area (Å²) < 4.78 is 0. The van der Waals surface area contributed by atoms with Crippen LogP contribution in [-0.4, -0.2) is 34.5 Å². The van der Waals surface area contributed by atoms with Gasteiger partial charge in [0, 0.05) is 6.54 Å². The Morgan fingerprint density at radius 2 is 2.27 bits per heavy atom. The Balaban J connectivity index is 2.11. The van der Waals surface area contributed by atoms with Gasteiger partial charge in [-0.15, -0.1) is 0 Å². The molecule has 0 saturated carbocycles. The third kappa shape index (κ3) is 1.54. The second kappa shape index (κ2) is 3.08. The Morgan fingerprint density at radius 1 is 1.60 bits per heavy atom. The maximum atomic E-state index is 11.7. The van der Waals surface area contributed by atoms with Crippen LogP contribution in [0.3, 0.4) is 0 Å². The van der Waals surface area contributed by atoms with E-state index in [-0.39, 0.29) is 17.9 Å². The van der Waals surface area contributed by atoms with Crippen molar-refractivity contribution in [1.82, 2.24) is 4.90 Å². The van der Waals surface area contributed by atoms with E-state index in [1.54, 1.807) is 18.7 Å². The average molecular weight is 209 g/mol. The maximum absolute atomic E-state index is 11.7. The fourth-order valence-electron chi connectivity index (χ4n) is 2.16. The molecule has 0 aromatic carbocycles. The minimum atomic E-state index is -0.867. The number of hydrogen-bond donors (Lipinski definition) is 1. The molecular weight excluding hydrogens is 194 g/mol. The highest BCUT2D eigenvalue weighted by molar-refractivity contribution is 5.86. The van der Waals surface area contributed by atoms with Crippen molar-refractivity contribution in [3.05, 3.63) is 12.2 Å². The molecule has 4 heteroatoms. The molecule has 1 fully saturated rings. The molecule has 1 aliphatic carbocycles. The predicted molar refractivity (Wildman–Crippen MR) is 54.2 cm³/mol. The van der Waals surface area contributed by atoms with Gasteiger partial charge in [0.25, 0.3) is 0 Å². The zero-order chi connectivity index (χ0) is 11.2. The Morgan fingerprint density at radius 3 is 2.73 bits per heavy atom. The largest absolute Gasteiger partial charge is 0.481 e. The van der Waals surface area contributed by atoms with Gasteiger partial charge in [0.05, 0.1) is 17.4 Å². The van der Waals surface area contributed by atoms with Gasteiger partial charge in [-0.05, 0) is 20.3 Å². The Bertz CT molecular complexity index is 346. The zero-order valence-electron chi connectivity index (χ0n) is 8.93. The number of aliphatic carboxylic acids is 1. The number of carboxylic acid groups (broad SMARTS) is 1. The van der Waals surface area contributed by atoms with Crippen LogP contribution in [0.25, 0.3) is 0 Å². The molecule has 15 heavy (non-hydrogen) atoms. The molecular formula is C11H15NO3. The van der Waals surface area contributed by atoms with Crippen LogP contribution in [0.1, 0.15) is 20.3 Å². The zero-order valence-corrected chi connectivity index (χ0v) is 8.93. The third-order valence-corrected chi connectivity index (χ3v) is 3.21. The van der Waals surface area contributed by atoms with E-state index in [1.807, 2.05) is 12.2 Å². The lowest BCUT2D eigenvalue weighted by atomic mass is 9.92. The first kappa shape index (κ1) is 10.2. The number of nitrogens with zero attached hydrogens (tertiary/aromatic N) is 1. The van der Waals surface area contributed by atoms with Crippen molar-refractivity contribution in [2.75, 3.05) is 6.54 Å². The molecule has 2 rings (SSSR count). The van der Waals surface area contributed by atoms with Gasteiger partial charge in [0.2, 0.25) is 5.91 Å². The highest BCUT2D eigenvalue weighted by Gasteiger charge is 2.44. The molecule has 2 aliphatic rings. The van der Waals surface area contributed by atoms with Crippen LogP contribution in [0.2, 0.25) is 0 Å². The van der Waals surface area contributed by atoms with Crippen molar-refractivity contribution in [3.8, 4) is 0 Å². The fourth-order valence-corrected chi connectivity index (χ4v) is 2.16. The van der Waals surface area contributed by atoms with E-state index < -0.39 is 11.4 Å². The van der Waals surface area contributed by atoms with E-state index >= 15 is 0 Å². The van der Waals surface area contributed by atoms with Gasteiger partial charge in [-0.2, -0.15) is 0 Å². The molecule has 2 bridgehead atoms. The van der Waals surface area contributed by atoms with E-state index in [0.717, 1.165) is 6.42 Å². The van der Waals surface area contributed by atoms with Crippen molar-refractivity contribution in [1.29, 1.82) is 0 Å². The summed E-state index contributed by atoms with van der Waals surface area (Å²) >= 11 is 0. The number of likely N-dealkylation sites (tertiary alicyclic amines) is 1. The summed E-state index contributed by atoms with van der Waals surface area (Å²) in [6.45, 7) is 3.60. The highest BCUT2D eigenvalue weighted by atomic mass is 16.4. The highest BCUT2D eigenvalue weighted by Crippen LogP contribution is 2.35. The molecule has 0 aromatic heterocycles. The first-order chi connectivity index (χ1) is 6.92. The van der Waals surface area contributed by atoms with Gasteiger partial charge in [0.1, 0.15) is 0 Å². The Kier molecular flexibility index (Phi) is 2.10. The lowest BCUT2D eigenvalue weighted by molar-refractivity contribution is -0.149. The molecule has 0 aromatic rings. The van der Waals surface area contributed by atoms with Crippen LogP contribution in [0.4, 0.5) is 0 Å². The fraction of sp³-hybridized carbons (Fsp3) is 0.636. The molecule has 1 aliphatic heterocycles. The smallest absolute Gasteiger partial charge is 0.310 e. The SMILES string of the molecule is CC(C)(CN1C(=O)C2C=CC1C2)C(=O)O. The first-order valence-electron chi connectivity index (χ1n) is 5.14. The number of rotatable bonds is 3. The normalized spacial score (nSPS) is 28.9. The van der Waals surface area contributed by atoms with Gasteiger partial charge >= 0.3 is 5.97 Å². The number of hydrogen-bond acceptors (Lipinski definition) is 2. The number of carboxylic acids is 1. The summed E-state index contributed by atoms with van der Waals surface area (Å²) in [7, 11) is 0. The van der Waals surface area contributed by atoms with Crippen LogP contribution >= 0.6 is 0 Å². The second-order valence-corrected chi connectivity index (χ2v) is 4.95. The van der Waals surface area contributed by atoms with E-state index in [9.17, 15) is 9.59 Å². The van der Waals surface area contributed by atoms with Gasteiger partial charge in [-0.3, -0.25) is 9.59 Å². The van der Waals surface area contributed by atoms with Crippen molar-refractivity contribution in [2.24, 2.45) is 11.3 Å². The molecule has 2 unspecified atom stereocenters. The Hall–Kier alpha value is -1.32. The summed E-state index contributed by atoms with van der Waals surface area (Å²) in [4.78, 5) is 24.4. The van der Waals surface area contributed by atoms with E-state index in [0.29, 0.717) is 6.54 Å². The minimum absolute atomic E-state index is 0.000375. The summed E-state index contributed by atoms with van der Waals surface area (Å²) in [5, 5.41) is 9.00. The molecule has 0 radical (unpaired) electrons. The quantitative estimate of drug-likeness (QED) is 0.702. The van der Waals surface area contributed by atoms with Gasteiger partial charge < -0.3 is 10.0 Å². The van der Waals surface area contributed by atoms with Crippen molar-refractivity contribution < 1.29 is 14.7 Å². The van der Waals surface area contributed by atoms with Gasteiger partial charge in [-0.25, -0.2) is 0 Å². The molecule has 4 nitrogen and oxygen atoms in total. The summed E-state index contributed by atoms with van der Waals surface area (Å²) in [5.41, 5.74) is -0.867. The number of amides is 1. The minimum Gasteiger partial charge on any atom is -0.481 e. The van der Waals surface area contributed by atoms with E-state index in [4.69, 9.17) is 5.11 Å². The van der Waals surface area contributed by atoms with Crippen LogP contribution in [0.15, 0.2) is 12.2 Å². The van der Waals surface area contributed by atoms with Crippen molar-refractivity contribution >= 4 is 11.9 Å². The van der Waals surface area contributed by atoms with Gasteiger partial charge in [0.15, 0.2) is 0 Å². The lowest BCUT2D eigenvalue weighted by Gasteiger charge is -2.31. The summed E-state index contributed by atoms with van der Waals surface area (Å²) in [5.74, 6) is -0.779. The second-order valence-electron chi connectivity index (χ2n) is 4.95. The van der Waals surface area contributed by atoms with Gasteiger partial charge in [-0.1, -0.05) is 12.2 Å². The lowest BCUT2D eigenvalue weighted by Crippen LogP contribution is -2.44.